The summed E-state index contributed by atoms with van der Waals surface area (Å²) in [7, 11) is 0. The Balaban J connectivity index is 4.14. The Hall–Kier alpha value is -2.63. The van der Waals surface area contributed by atoms with Crippen molar-refractivity contribution in [3.05, 3.63) is 48.6 Å². The average Bonchev–Trinajstić information content (AvgIpc) is 3.27. The molecule has 0 aliphatic heterocycles. The summed E-state index contributed by atoms with van der Waals surface area (Å²) in [5, 5.41) is 0. The summed E-state index contributed by atoms with van der Waals surface area (Å²) < 4.78 is 16.7. The molecule has 0 bridgehead atoms. The number of ether oxygens (including phenoxy) is 3. The molecular formula is C56H100O6. The highest BCUT2D eigenvalue weighted by Crippen LogP contribution is 2.14. The highest BCUT2D eigenvalue weighted by molar-refractivity contribution is 5.71. The van der Waals surface area contributed by atoms with E-state index in [1.54, 1.807) is 0 Å². The summed E-state index contributed by atoms with van der Waals surface area (Å²) in [5.41, 5.74) is 0. The van der Waals surface area contributed by atoms with E-state index < -0.39 is 6.10 Å². The molecule has 6 nitrogen and oxygen atoms in total. The molecule has 0 saturated heterocycles. The fraction of sp³-hybridized carbons (Fsp3) is 0.804. The van der Waals surface area contributed by atoms with E-state index in [2.05, 4.69) is 69.4 Å². The molecule has 0 spiro atoms. The lowest BCUT2D eigenvalue weighted by atomic mass is 10.1. The molecule has 1 unspecified atom stereocenters. The number of rotatable bonds is 48. The van der Waals surface area contributed by atoms with Gasteiger partial charge in [-0.1, -0.05) is 217 Å². The molecule has 0 aromatic carbocycles. The largest absolute Gasteiger partial charge is 0.462 e. The first-order valence-corrected chi connectivity index (χ1v) is 26.6. The fourth-order valence-electron chi connectivity index (χ4n) is 7.50. The van der Waals surface area contributed by atoms with Crippen LogP contribution in [-0.2, 0) is 28.6 Å². The zero-order chi connectivity index (χ0) is 45.1. The first-order chi connectivity index (χ1) is 30.5. The zero-order valence-corrected chi connectivity index (χ0v) is 41.1. The predicted molar refractivity (Wildman–Crippen MR) is 265 cm³/mol. The minimum Gasteiger partial charge on any atom is -0.462 e. The molecule has 0 radical (unpaired) electrons. The van der Waals surface area contributed by atoms with Crippen LogP contribution in [0.4, 0.5) is 0 Å². The maximum atomic E-state index is 12.7. The van der Waals surface area contributed by atoms with E-state index in [0.717, 1.165) is 89.9 Å². The molecule has 62 heavy (non-hydrogen) atoms. The van der Waals surface area contributed by atoms with E-state index >= 15 is 0 Å². The van der Waals surface area contributed by atoms with E-state index in [1.807, 2.05) is 0 Å². The summed E-state index contributed by atoms with van der Waals surface area (Å²) >= 11 is 0. The van der Waals surface area contributed by atoms with Gasteiger partial charge < -0.3 is 14.2 Å². The van der Waals surface area contributed by atoms with Crippen LogP contribution >= 0.6 is 0 Å². The monoisotopic (exact) mass is 869 g/mol. The molecule has 0 saturated carbocycles. The smallest absolute Gasteiger partial charge is 0.306 e. The fourth-order valence-corrected chi connectivity index (χ4v) is 7.50. The van der Waals surface area contributed by atoms with Crippen molar-refractivity contribution in [1.82, 2.24) is 0 Å². The van der Waals surface area contributed by atoms with Crippen molar-refractivity contribution < 1.29 is 28.6 Å². The van der Waals surface area contributed by atoms with Gasteiger partial charge in [-0.25, -0.2) is 0 Å². The summed E-state index contributed by atoms with van der Waals surface area (Å²) in [6.45, 7) is 6.54. The quantitative estimate of drug-likeness (QED) is 0.0262. The van der Waals surface area contributed by atoms with Crippen LogP contribution in [0, 0.1) is 0 Å². The third kappa shape index (κ3) is 48.4. The lowest BCUT2D eigenvalue weighted by molar-refractivity contribution is -0.167. The van der Waals surface area contributed by atoms with E-state index in [9.17, 15) is 14.4 Å². The summed E-state index contributed by atoms with van der Waals surface area (Å²) in [4.78, 5) is 37.7. The maximum absolute atomic E-state index is 12.7. The molecule has 6 heteroatoms. The minimum absolute atomic E-state index is 0.0790. The van der Waals surface area contributed by atoms with Gasteiger partial charge in [0.1, 0.15) is 13.2 Å². The molecule has 1 atom stereocenters. The van der Waals surface area contributed by atoms with Gasteiger partial charge in [-0.3, -0.25) is 14.4 Å². The van der Waals surface area contributed by atoms with E-state index in [4.69, 9.17) is 14.2 Å². The third-order valence-electron chi connectivity index (χ3n) is 11.6. The second-order valence-corrected chi connectivity index (χ2v) is 17.8. The van der Waals surface area contributed by atoms with Crippen LogP contribution in [-0.4, -0.2) is 37.2 Å². The van der Waals surface area contributed by atoms with Gasteiger partial charge >= 0.3 is 17.9 Å². The molecule has 360 valence electrons. The number of allylic oxidation sites excluding steroid dienone is 8. The van der Waals surface area contributed by atoms with Gasteiger partial charge in [0, 0.05) is 19.3 Å². The predicted octanol–water partition coefficient (Wildman–Crippen LogP) is 17.5. The number of hydrogen-bond donors (Lipinski definition) is 0. The zero-order valence-electron chi connectivity index (χ0n) is 41.1. The van der Waals surface area contributed by atoms with Crippen LogP contribution in [0.3, 0.4) is 0 Å². The molecule has 0 amide bonds. The van der Waals surface area contributed by atoms with Crippen LogP contribution in [0.25, 0.3) is 0 Å². The Labute approximate surface area is 384 Å². The number of hydrogen-bond acceptors (Lipinski definition) is 6. The normalized spacial score (nSPS) is 12.4. The van der Waals surface area contributed by atoms with Gasteiger partial charge in [0.15, 0.2) is 6.10 Å². The number of esters is 3. The standard InChI is InChI=1S/C56H100O6/c1-4-7-10-13-15-17-19-21-23-25-26-27-28-29-30-31-33-34-36-38-40-43-46-49-55(58)61-52-53(51-60-54(57)48-45-42-12-9-6-3)62-56(59)50-47-44-41-39-37-35-32-24-22-20-18-16-14-11-8-5-2/h19,21,24-26,28-29,32,53H,4-18,20,22-23,27,30-31,33-52H2,1-3H3/b21-19-,26-25-,29-28-,32-24-. The van der Waals surface area contributed by atoms with Gasteiger partial charge in [0.25, 0.3) is 0 Å². The average molecular weight is 869 g/mol. The summed E-state index contributed by atoms with van der Waals surface area (Å²) in [6.07, 6.45) is 61.3. The molecule has 0 N–H and O–H groups in total. The Kier molecular flexibility index (Phi) is 48.8. The molecule has 0 aliphatic carbocycles. The highest BCUT2D eigenvalue weighted by Gasteiger charge is 2.19. The van der Waals surface area contributed by atoms with Crippen LogP contribution in [0.2, 0.25) is 0 Å². The molecule has 0 fully saturated rings. The summed E-state index contributed by atoms with van der Waals surface area (Å²) in [5.74, 6) is -0.902. The Bertz CT molecular complexity index is 1090. The van der Waals surface area contributed by atoms with Crippen LogP contribution in [0.15, 0.2) is 48.6 Å². The third-order valence-corrected chi connectivity index (χ3v) is 11.6. The van der Waals surface area contributed by atoms with Gasteiger partial charge in [0.05, 0.1) is 0 Å². The van der Waals surface area contributed by atoms with Gasteiger partial charge in [0.2, 0.25) is 0 Å². The highest BCUT2D eigenvalue weighted by atomic mass is 16.6. The second kappa shape index (κ2) is 51.0. The van der Waals surface area contributed by atoms with Gasteiger partial charge in [-0.15, -0.1) is 0 Å². The van der Waals surface area contributed by atoms with Crippen molar-refractivity contribution in [3.63, 3.8) is 0 Å². The molecule has 0 heterocycles. The molecule has 0 rings (SSSR count). The lowest BCUT2D eigenvalue weighted by Gasteiger charge is -2.18. The summed E-state index contributed by atoms with van der Waals surface area (Å²) in [6, 6.07) is 0. The molecule has 0 aromatic rings. The van der Waals surface area contributed by atoms with Gasteiger partial charge in [-0.05, 0) is 83.5 Å². The Morgan fingerprint density at radius 2 is 0.581 bits per heavy atom. The second-order valence-electron chi connectivity index (χ2n) is 17.8. The first kappa shape index (κ1) is 59.4. The molecular weight excluding hydrogens is 769 g/mol. The lowest BCUT2D eigenvalue weighted by Crippen LogP contribution is -2.30. The van der Waals surface area contributed by atoms with Crippen molar-refractivity contribution in [2.75, 3.05) is 13.2 Å². The number of unbranched alkanes of at least 4 members (excludes halogenated alkanes) is 29. The SMILES string of the molecule is CCCCCCC/C=C\C/C=C\C/C=C\CCCCCCCCCCC(=O)OCC(COC(=O)CCCCCCC)OC(=O)CCCCCCC/C=C\CCCCCCCCC. The Morgan fingerprint density at radius 1 is 0.323 bits per heavy atom. The topological polar surface area (TPSA) is 78.9 Å². The molecule has 0 aromatic heterocycles. The van der Waals surface area contributed by atoms with Crippen LogP contribution < -0.4 is 0 Å². The number of carbonyl (C=O) groups is 3. The van der Waals surface area contributed by atoms with Crippen molar-refractivity contribution in [2.24, 2.45) is 0 Å². The Morgan fingerprint density at radius 3 is 0.919 bits per heavy atom. The first-order valence-electron chi connectivity index (χ1n) is 26.6. The van der Waals surface area contributed by atoms with Crippen LogP contribution in [0.5, 0.6) is 0 Å². The van der Waals surface area contributed by atoms with Crippen molar-refractivity contribution >= 4 is 17.9 Å². The van der Waals surface area contributed by atoms with Crippen LogP contribution in [0.1, 0.15) is 271 Å². The molecule has 0 aliphatic rings. The minimum atomic E-state index is -0.775. The van der Waals surface area contributed by atoms with E-state index in [0.29, 0.717) is 19.3 Å². The van der Waals surface area contributed by atoms with Crippen molar-refractivity contribution in [2.45, 2.75) is 277 Å². The van der Waals surface area contributed by atoms with Crippen molar-refractivity contribution in [3.8, 4) is 0 Å². The number of carbonyl (C=O) groups excluding carboxylic acids is 3. The van der Waals surface area contributed by atoms with E-state index in [1.165, 1.54) is 141 Å². The van der Waals surface area contributed by atoms with Gasteiger partial charge in [-0.2, -0.15) is 0 Å². The maximum Gasteiger partial charge on any atom is 0.306 e. The van der Waals surface area contributed by atoms with E-state index in [-0.39, 0.29) is 31.1 Å². The van der Waals surface area contributed by atoms with Crippen molar-refractivity contribution in [1.29, 1.82) is 0 Å².